The minimum Gasteiger partial charge on any atom is -0.449 e. The summed E-state index contributed by atoms with van der Waals surface area (Å²) in [5.74, 6) is -0.652. The van der Waals surface area contributed by atoms with Gasteiger partial charge < -0.3 is 4.74 Å². The number of hydrogen-bond acceptors (Lipinski definition) is 5. The Morgan fingerprint density at radius 3 is 2.41 bits per heavy atom. The van der Waals surface area contributed by atoms with Crippen molar-refractivity contribution >= 4 is 22.0 Å². The molecule has 0 aliphatic rings. The van der Waals surface area contributed by atoms with Gasteiger partial charge in [-0.25, -0.2) is 23.4 Å². The summed E-state index contributed by atoms with van der Waals surface area (Å²) in [6.07, 6.45) is -0.809. The molecule has 0 bridgehead atoms. The van der Waals surface area contributed by atoms with Gasteiger partial charge in [-0.15, -0.1) is 0 Å². The fraction of sp³-hybridized carbons (Fsp3) is 0.222. The zero-order chi connectivity index (χ0) is 19.9. The van der Waals surface area contributed by atoms with E-state index in [1.165, 1.54) is 18.2 Å². The molecule has 0 atom stereocenters. The number of ether oxygens (including phenoxy) is 1. The third-order valence-corrected chi connectivity index (χ3v) is 5.03. The molecule has 0 fully saturated rings. The highest BCUT2D eigenvalue weighted by molar-refractivity contribution is 7.89. The third-order valence-electron chi connectivity index (χ3n) is 3.63. The highest BCUT2D eigenvalue weighted by Gasteiger charge is 2.18. The minimum absolute atomic E-state index is 0.0506. The Kier molecular flexibility index (Phi) is 6.91. The fourth-order valence-electron chi connectivity index (χ4n) is 2.21. The van der Waals surface area contributed by atoms with Crippen LogP contribution in [0.15, 0.2) is 53.4 Å². The molecule has 0 aliphatic heterocycles. The molecule has 0 saturated carbocycles. The lowest BCUT2D eigenvalue weighted by molar-refractivity contribution is 0.0912. The second-order valence-electron chi connectivity index (χ2n) is 5.59. The van der Waals surface area contributed by atoms with Crippen molar-refractivity contribution in [3.8, 4) is 0 Å². The van der Waals surface area contributed by atoms with Crippen LogP contribution < -0.4 is 15.6 Å². The van der Waals surface area contributed by atoms with Crippen molar-refractivity contribution in [3.05, 3.63) is 65.2 Å². The Labute approximate surface area is 157 Å². The van der Waals surface area contributed by atoms with E-state index >= 15 is 0 Å². The first-order valence-electron chi connectivity index (χ1n) is 8.21. The van der Waals surface area contributed by atoms with Gasteiger partial charge in [-0.3, -0.25) is 10.2 Å². The van der Waals surface area contributed by atoms with Gasteiger partial charge in [0.25, 0.3) is 5.91 Å². The predicted molar refractivity (Wildman–Crippen MR) is 99.3 cm³/mol. The summed E-state index contributed by atoms with van der Waals surface area (Å²) >= 11 is 0. The summed E-state index contributed by atoms with van der Waals surface area (Å²) in [6, 6.07) is 13.3. The first kappa shape index (κ1) is 20.4. The number of hydrazine groups is 1. The highest BCUT2D eigenvalue weighted by Crippen LogP contribution is 2.16. The van der Waals surface area contributed by atoms with Gasteiger partial charge in [0.15, 0.2) is 0 Å². The third kappa shape index (κ3) is 5.80. The zero-order valence-corrected chi connectivity index (χ0v) is 15.8. The van der Waals surface area contributed by atoms with E-state index in [4.69, 9.17) is 0 Å². The van der Waals surface area contributed by atoms with Gasteiger partial charge in [-0.2, -0.15) is 0 Å². The van der Waals surface area contributed by atoms with E-state index in [1.807, 2.05) is 18.2 Å². The number of rotatable bonds is 6. The highest BCUT2D eigenvalue weighted by atomic mass is 32.2. The fourth-order valence-corrected chi connectivity index (χ4v) is 3.26. The molecular weight excluding hydrogens is 370 g/mol. The van der Waals surface area contributed by atoms with E-state index < -0.39 is 22.0 Å². The Morgan fingerprint density at radius 2 is 1.74 bits per heavy atom. The summed E-state index contributed by atoms with van der Waals surface area (Å²) in [5.41, 5.74) is 5.76. The Morgan fingerprint density at radius 1 is 1.04 bits per heavy atom. The second kappa shape index (κ2) is 9.15. The number of amides is 2. The van der Waals surface area contributed by atoms with Crippen molar-refractivity contribution < 1.29 is 22.7 Å². The van der Waals surface area contributed by atoms with Crippen molar-refractivity contribution in [2.45, 2.75) is 25.3 Å². The van der Waals surface area contributed by atoms with Crippen molar-refractivity contribution in [2.75, 3.05) is 6.61 Å². The van der Waals surface area contributed by atoms with Gasteiger partial charge in [0.2, 0.25) is 10.0 Å². The maximum absolute atomic E-state index is 12.5. The van der Waals surface area contributed by atoms with E-state index in [0.717, 1.165) is 5.56 Å². The van der Waals surface area contributed by atoms with Crippen LogP contribution >= 0.6 is 0 Å². The van der Waals surface area contributed by atoms with Crippen LogP contribution in [0, 0.1) is 6.92 Å². The largest absolute Gasteiger partial charge is 0.449 e. The number of carbonyl (C=O) groups is 2. The molecule has 2 rings (SSSR count). The molecule has 27 heavy (non-hydrogen) atoms. The summed E-state index contributed by atoms with van der Waals surface area (Å²) in [4.78, 5) is 23.4. The molecular formula is C18H21N3O5S. The second-order valence-corrected chi connectivity index (χ2v) is 7.35. The molecule has 0 radical (unpaired) electrons. The number of hydrogen-bond donors (Lipinski definition) is 3. The van der Waals surface area contributed by atoms with Crippen LogP contribution in [0.25, 0.3) is 0 Å². The van der Waals surface area contributed by atoms with Gasteiger partial charge in [-0.05, 0) is 37.1 Å². The summed E-state index contributed by atoms with van der Waals surface area (Å²) < 4.78 is 32.2. The quantitative estimate of drug-likeness (QED) is 0.651. The van der Waals surface area contributed by atoms with Crippen LogP contribution in [-0.4, -0.2) is 27.0 Å². The smallest absolute Gasteiger partial charge is 0.426 e. The van der Waals surface area contributed by atoms with Gasteiger partial charge in [0.05, 0.1) is 11.5 Å². The lowest BCUT2D eigenvalue weighted by atomic mass is 10.1. The molecule has 9 heteroatoms. The van der Waals surface area contributed by atoms with Crippen LogP contribution in [0.3, 0.4) is 0 Å². The van der Waals surface area contributed by atoms with Gasteiger partial charge in [0, 0.05) is 12.1 Å². The minimum atomic E-state index is -3.81. The standard InChI is InChI=1S/C18H21N3O5S/c1-3-26-18(23)21-20-17(22)16-11-15(10-9-13(16)2)27(24,25)19-12-14-7-5-4-6-8-14/h4-11,19H,3,12H2,1-2H3,(H,20,22)(H,21,23). The molecule has 0 aliphatic carbocycles. The zero-order valence-electron chi connectivity index (χ0n) is 15.0. The topological polar surface area (TPSA) is 114 Å². The van der Waals surface area contributed by atoms with Gasteiger partial charge in [-0.1, -0.05) is 36.4 Å². The van der Waals surface area contributed by atoms with Crippen LogP contribution in [-0.2, 0) is 21.3 Å². The van der Waals surface area contributed by atoms with Crippen LogP contribution in [0.2, 0.25) is 0 Å². The van der Waals surface area contributed by atoms with Crippen molar-refractivity contribution in [1.29, 1.82) is 0 Å². The van der Waals surface area contributed by atoms with Crippen molar-refractivity contribution in [3.63, 3.8) is 0 Å². The maximum atomic E-state index is 12.5. The number of aryl methyl sites for hydroxylation is 1. The van der Waals surface area contributed by atoms with Gasteiger partial charge in [0.1, 0.15) is 0 Å². The summed E-state index contributed by atoms with van der Waals surface area (Å²) in [7, 11) is -3.81. The average molecular weight is 391 g/mol. The van der Waals surface area contributed by atoms with Crippen LogP contribution in [0.4, 0.5) is 4.79 Å². The number of sulfonamides is 1. The SMILES string of the molecule is CCOC(=O)NNC(=O)c1cc(S(=O)(=O)NCc2ccccc2)ccc1C. The lowest BCUT2D eigenvalue weighted by Crippen LogP contribution is -2.42. The summed E-state index contributed by atoms with van der Waals surface area (Å²) in [5, 5.41) is 0. The molecule has 0 spiro atoms. The molecule has 0 saturated heterocycles. The van der Waals surface area contributed by atoms with Crippen molar-refractivity contribution in [2.24, 2.45) is 0 Å². The summed E-state index contributed by atoms with van der Waals surface area (Å²) in [6.45, 7) is 3.57. The molecule has 2 aromatic rings. The van der Waals surface area contributed by atoms with E-state index in [9.17, 15) is 18.0 Å². The maximum Gasteiger partial charge on any atom is 0.426 e. The Hall–Kier alpha value is -2.91. The first-order chi connectivity index (χ1) is 12.8. The number of carbonyl (C=O) groups excluding carboxylic acids is 2. The van der Waals surface area contributed by atoms with E-state index in [0.29, 0.717) is 5.56 Å². The molecule has 0 unspecified atom stereocenters. The van der Waals surface area contributed by atoms with Gasteiger partial charge >= 0.3 is 6.09 Å². The van der Waals surface area contributed by atoms with E-state index in [-0.39, 0.29) is 23.6 Å². The van der Waals surface area contributed by atoms with E-state index in [1.54, 1.807) is 26.0 Å². The average Bonchev–Trinajstić information content (AvgIpc) is 2.66. The molecule has 3 N–H and O–H groups in total. The molecule has 144 valence electrons. The first-order valence-corrected chi connectivity index (χ1v) is 9.69. The van der Waals surface area contributed by atoms with E-state index in [2.05, 4.69) is 20.3 Å². The molecule has 0 aromatic heterocycles. The normalized spacial score (nSPS) is 10.9. The lowest BCUT2D eigenvalue weighted by Gasteiger charge is -2.12. The monoisotopic (exact) mass is 391 g/mol. The Balaban J connectivity index is 2.12. The Bertz CT molecular complexity index is 914. The predicted octanol–water partition coefficient (Wildman–Crippen LogP) is 1.86. The van der Waals surface area contributed by atoms with Crippen LogP contribution in [0.1, 0.15) is 28.4 Å². The van der Waals surface area contributed by atoms with Crippen LogP contribution in [0.5, 0.6) is 0 Å². The number of nitrogens with one attached hydrogen (secondary N) is 3. The molecule has 2 amide bonds. The molecule has 2 aromatic carbocycles. The molecule has 8 nitrogen and oxygen atoms in total. The molecule has 0 heterocycles. The number of benzene rings is 2. The van der Waals surface area contributed by atoms with Crippen molar-refractivity contribution in [1.82, 2.24) is 15.6 Å².